The molecule has 1 fully saturated rings. The summed E-state index contributed by atoms with van der Waals surface area (Å²) in [4.78, 5) is 2.45. The van der Waals surface area contributed by atoms with Crippen LogP contribution in [0.1, 0.15) is 12.0 Å². The summed E-state index contributed by atoms with van der Waals surface area (Å²) in [6, 6.07) is 18.6. The third-order valence-electron chi connectivity index (χ3n) is 3.98. The van der Waals surface area contributed by atoms with E-state index >= 15 is 0 Å². The van der Waals surface area contributed by atoms with Gasteiger partial charge in [0, 0.05) is 25.7 Å². The quantitative estimate of drug-likeness (QED) is 0.822. The van der Waals surface area contributed by atoms with E-state index in [0.29, 0.717) is 16.2 Å². The van der Waals surface area contributed by atoms with Gasteiger partial charge in [-0.25, -0.2) is 0 Å². The van der Waals surface area contributed by atoms with E-state index in [2.05, 4.69) is 45.9 Å². The summed E-state index contributed by atoms with van der Waals surface area (Å²) in [5.74, 6) is 0. The smallest absolute Gasteiger partial charge is 0.171 e. The molecule has 0 aliphatic carbocycles. The lowest BCUT2D eigenvalue weighted by molar-refractivity contribution is 0.324. The molecule has 120 valence electrons. The summed E-state index contributed by atoms with van der Waals surface area (Å²) in [5, 5.41) is 7.87. The van der Waals surface area contributed by atoms with Gasteiger partial charge in [0.25, 0.3) is 0 Å². The van der Waals surface area contributed by atoms with Crippen molar-refractivity contribution in [2.75, 3.05) is 18.4 Å². The molecule has 0 radical (unpaired) electrons. The number of anilines is 1. The molecule has 3 rings (SSSR count). The van der Waals surface area contributed by atoms with E-state index < -0.39 is 0 Å². The maximum atomic E-state index is 6.14. The lowest BCUT2D eigenvalue weighted by Crippen LogP contribution is -2.39. The lowest BCUT2D eigenvalue weighted by Gasteiger charge is -2.18. The fraction of sp³-hybridized carbons (Fsp3) is 0.278. The van der Waals surface area contributed by atoms with E-state index in [9.17, 15) is 0 Å². The topological polar surface area (TPSA) is 27.3 Å². The van der Waals surface area contributed by atoms with Crippen molar-refractivity contribution >= 4 is 34.6 Å². The molecule has 0 saturated carbocycles. The van der Waals surface area contributed by atoms with Gasteiger partial charge >= 0.3 is 0 Å². The van der Waals surface area contributed by atoms with Crippen LogP contribution in [-0.2, 0) is 6.54 Å². The van der Waals surface area contributed by atoms with Gasteiger partial charge in [0.1, 0.15) is 0 Å². The van der Waals surface area contributed by atoms with Gasteiger partial charge in [-0.3, -0.25) is 4.90 Å². The number of rotatable bonds is 4. The van der Waals surface area contributed by atoms with Crippen molar-refractivity contribution in [1.29, 1.82) is 0 Å². The molecule has 3 nitrogen and oxygen atoms in total. The van der Waals surface area contributed by atoms with Crippen molar-refractivity contribution in [2.45, 2.75) is 19.0 Å². The number of para-hydroxylation sites is 1. The van der Waals surface area contributed by atoms with Gasteiger partial charge in [-0.15, -0.1) is 0 Å². The van der Waals surface area contributed by atoms with Crippen LogP contribution in [-0.4, -0.2) is 29.1 Å². The van der Waals surface area contributed by atoms with Crippen LogP contribution < -0.4 is 10.6 Å². The van der Waals surface area contributed by atoms with Crippen molar-refractivity contribution in [1.82, 2.24) is 10.2 Å². The number of nitrogens with one attached hydrogen (secondary N) is 2. The van der Waals surface area contributed by atoms with Crippen LogP contribution in [0, 0.1) is 0 Å². The van der Waals surface area contributed by atoms with Crippen molar-refractivity contribution in [3.05, 3.63) is 65.2 Å². The van der Waals surface area contributed by atoms with Gasteiger partial charge in [0.2, 0.25) is 0 Å². The summed E-state index contributed by atoms with van der Waals surface area (Å²) in [5.41, 5.74) is 2.19. The zero-order valence-corrected chi connectivity index (χ0v) is 14.4. The number of hydrogen-bond acceptors (Lipinski definition) is 2. The van der Waals surface area contributed by atoms with Crippen LogP contribution in [0.3, 0.4) is 0 Å². The van der Waals surface area contributed by atoms with Crippen molar-refractivity contribution in [3.8, 4) is 0 Å². The number of halogens is 1. The highest BCUT2D eigenvalue weighted by Crippen LogP contribution is 2.20. The van der Waals surface area contributed by atoms with E-state index in [1.165, 1.54) is 5.56 Å². The maximum absolute atomic E-state index is 6.14. The van der Waals surface area contributed by atoms with Crippen LogP contribution in [0.25, 0.3) is 0 Å². The molecule has 5 heteroatoms. The first-order chi connectivity index (χ1) is 11.2. The zero-order chi connectivity index (χ0) is 16.1. The van der Waals surface area contributed by atoms with E-state index in [1.807, 2.05) is 24.3 Å². The maximum Gasteiger partial charge on any atom is 0.171 e. The molecule has 1 saturated heterocycles. The van der Waals surface area contributed by atoms with Crippen LogP contribution in [0.4, 0.5) is 5.69 Å². The molecule has 1 atom stereocenters. The molecule has 0 unspecified atom stereocenters. The molecular weight excluding hydrogens is 326 g/mol. The van der Waals surface area contributed by atoms with Crippen LogP contribution in [0.2, 0.25) is 5.02 Å². The molecule has 23 heavy (non-hydrogen) atoms. The Hall–Kier alpha value is -1.62. The predicted octanol–water partition coefficient (Wildman–Crippen LogP) is 3.90. The summed E-state index contributed by atoms with van der Waals surface area (Å²) in [7, 11) is 0. The Balaban J connectivity index is 1.48. The molecule has 0 aromatic heterocycles. The largest absolute Gasteiger partial charge is 0.358 e. The second-order valence-corrected chi connectivity index (χ2v) is 6.60. The van der Waals surface area contributed by atoms with Crippen LogP contribution in [0.5, 0.6) is 0 Å². The minimum Gasteiger partial charge on any atom is -0.358 e. The Morgan fingerprint density at radius 3 is 2.65 bits per heavy atom. The van der Waals surface area contributed by atoms with Crippen LogP contribution in [0.15, 0.2) is 54.6 Å². The molecule has 2 aromatic carbocycles. The molecule has 0 bridgehead atoms. The van der Waals surface area contributed by atoms with Gasteiger partial charge in [-0.05, 0) is 36.3 Å². The first-order valence-electron chi connectivity index (χ1n) is 7.79. The normalized spacial score (nSPS) is 17.9. The second kappa shape index (κ2) is 7.77. The summed E-state index contributed by atoms with van der Waals surface area (Å²) < 4.78 is 0. The fourth-order valence-electron chi connectivity index (χ4n) is 2.84. The van der Waals surface area contributed by atoms with Crippen LogP contribution >= 0.6 is 23.8 Å². The molecule has 0 amide bonds. The molecule has 1 heterocycles. The second-order valence-electron chi connectivity index (χ2n) is 5.78. The summed E-state index contributed by atoms with van der Waals surface area (Å²) in [6.07, 6.45) is 1.09. The summed E-state index contributed by atoms with van der Waals surface area (Å²) >= 11 is 11.5. The SMILES string of the molecule is S=C(Nc1ccccc1Cl)N[C@H]1CCN(Cc2ccccc2)C1. The first-order valence-corrected chi connectivity index (χ1v) is 8.57. The molecule has 2 N–H and O–H groups in total. The lowest BCUT2D eigenvalue weighted by atomic mass is 10.2. The third-order valence-corrected chi connectivity index (χ3v) is 4.53. The summed E-state index contributed by atoms with van der Waals surface area (Å²) in [6.45, 7) is 3.07. The first kappa shape index (κ1) is 16.2. The molecular formula is C18H20ClN3S. The van der Waals surface area contributed by atoms with Crippen molar-refractivity contribution < 1.29 is 0 Å². The minimum absolute atomic E-state index is 0.376. The highest BCUT2D eigenvalue weighted by molar-refractivity contribution is 7.80. The van der Waals surface area contributed by atoms with E-state index in [-0.39, 0.29) is 0 Å². The van der Waals surface area contributed by atoms with Gasteiger partial charge in [-0.1, -0.05) is 54.1 Å². The standard InChI is InChI=1S/C18H20ClN3S/c19-16-8-4-5-9-17(16)21-18(23)20-15-10-11-22(13-15)12-14-6-2-1-3-7-14/h1-9,15H,10-13H2,(H2,20,21,23)/t15-/m0/s1. The average molecular weight is 346 g/mol. The number of thiocarbonyl (C=S) groups is 1. The molecule has 1 aliphatic rings. The molecule has 2 aromatic rings. The Morgan fingerprint density at radius 1 is 1.13 bits per heavy atom. The zero-order valence-electron chi connectivity index (χ0n) is 12.8. The highest BCUT2D eigenvalue weighted by Gasteiger charge is 2.22. The molecule has 1 aliphatic heterocycles. The Bertz CT molecular complexity index is 662. The van der Waals surface area contributed by atoms with Crippen molar-refractivity contribution in [3.63, 3.8) is 0 Å². The fourth-order valence-corrected chi connectivity index (χ4v) is 3.30. The number of hydrogen-bond donors (Lipinski definition) is 2. The monoisotopic (exact) mass is 345 g/mol. The van der Waals surface area contributed by atoms with E-state index in [4.69, 9.17) is 23.8 Å². The Kier molecular flexibility index (Phi) is 5.49. The number of benzene rings is 2. The Labute approximate surface area is 147 Å². The van der Waals surface area contributed by atoms with E-state index in [1.54, 1.807) is 0 Å². The van der Waals surface area contributed by atoms with Gasteiger partial charge in [0.15, 0.2) is 5.11 Å². The third kappa shape index (κ3) is 4.67. The average Bonchev–Trinajstić information content (AvgIpc) is 2.97. The van der Waals surface area contributed by atoms with Gasteiger partial charge < -0.3 is 10.6 Å². The van der Waals surface area contributed by atoms with Gasteiger partial charge in [0.05, 0.1) is 10.7 Å². The number of likely N-dealkylation sites (tertiary alicyclic amines) is 1. The van der Waals surface area contributed by atoms with Gasteiger partial charge in [-0.2, -0.15) is 0 Å². The Morgan fingerprint density at radius 2 is 1.87 bits per heavy atom. The number of nitrogens with zero attached hydrogens (tertiary/aromatic N) is 1. The molecule has 0 spiro atoms. The van der Waals surface area contributed by atoms with E-state index in [0.717, 1.165) is 31.7 Å². The van der Waals surface area contributed by atoms with Crippen molar-refractivity contribution in [2.24, 2.45) is 0 Å². The predicted molar refractivity (Wildman–Crippen MR) is 101 cm³/mol. The minimum atomic E-state index is 0.376. The highest BCUT2D eigenvalue weighted by atomic mass is 35.5.